The van der Waals surface area contributed by atoms with Crippen LogP contribution in [-0.4, -0.2) is 97.0 Å². The van der Waals surface area contributed by atoms with Crippen LogP contribution in [0.5, 0.6) is 28.7 Å². The number of rotatable bonds is 7. The third-order valence-corrected chi connectivity index (χ3v) is 8.76. The van der Waals surface area contributed by atoms with Gasteiger partial charge in [-0.2, -0.15) is 0 Å². The quantitative estimate of drug-likeness (QED) is 0.239. The van der Waals surface area contributed by atoms with Crippen molar-refractivity contribution in [2.24, 2.45) is 11.8 Å². The first kappa shape index (κ1) is 22.4. The molecule has 7 rings (SSSR count). The number of aliphatic hydroxyl groups excluding tert-OH is 2. The van der Waals surface area contributed by atoms with Gasteiger partial charge in [0.05, 0.1) is 47.5 Å². The van der Waals surface area contributed by atoms with Crippen molar-refractivity contribution in [3.05, 3.63) is 41.0 Å². The van der Waals surface area contributed by atoms with Crippen LogP contribution in [0.4, 0.5) is 0 Å². The maximum Gasteiger partial charge on any atom is 0.525 e. The molecule has 0 radical (unpaired) electrons. The molecular weight excluding hydrogens is 635 g/mol. The summed E-state index contributed by atoms with van der Waals surface area (Å²) in [6.45, 7) is -1.63. The van der Waals surface area contributed by atoms with E-state index in [0.29, 0.717) is 0 Å². The summed E-state index contributed by atoms with van der Waals surface area (Å²) in [7, 11) is -12.3. The Labute approximate surface area is 274 Å². The second kappa shape index (κ2) is 11.8. The van der Waals surface area contributed by atoms with Gasteiger partial charge in [0.1, 0.15) is 27.2 Å². The number of fused-ring (bicyclic) bond motifs is 4. The Bertz CT molecular complexity index is 1870. The molecule has 16 nitrogen and oxygen atoms in total. The SMILES string of the molecule is [2H]C([2H])([2H])Oc1cc([C@]2([2H])c3cc4c(cc3[C@@H](O[C@@H]3O[C@@H]5CO[C@@H](C)O[C@H]5[C@H](O)[C@H]3O)[C@H]3COC(=O)[C@@H]32)OC([2H])([2H])O4)cc(OC([2H])([2H])[2H])c1OP(=O)(O)O. The zero-order valence-electron chi connectivity index (χ0n) is 32.6. The molecule has 0 spiro atoms. The number of carbonyl (C=O) groups excluding carboxylic acids is 1. The molecule has 2 aromatic carbocycles. The van der Waals surface area contributed by atoms with Crippen molar-refractivity contribution in [2.75, 3.05) is 34.0 Å². The summed E-state index contributed by atoms with van der Waals surface area (Å²) in [4.78, 5) is 33.1. The van der Waals surface area contributed by atoms with Gasteiger partial charge in [-0.15, -0.1) is 0 Å². The summed E-state index contributed by atoms with van der Waals surface area (Å²) in [6, 6.07) is 3.92. The second-order valence-corrected chi connectivity index (χ2v) is 12.2. The van der Waals surface area contributed by atoms with Gasteiger partial charge in [0.25, 0.3) is 0 Å². The average Bonchev–Trinajstić information content (AvgIpc) is 3.58. The first-order valence-corrected chi connectivity index (χ1v) is 15.4. The molecule has 17 heteroatoms. The molecule has 2 aromatic rings. The van der Waals surface area contributed by atoms with Gasteiger partial charge in [0.2, 0.25) is 12.5 Å². The Morgan fingerprint density at radius 1 is 0.978 bits per heavy atom. The summed E-state index contributed by atoms with van der Waals surface area (Å²) in [5, 5.41) is 22.2. The first-order valence-electron chi connectivity index (χ1n) is 18.3. The number of phosphoric acid groups is 1. The van der Waals surface area contributed by atoms with E-state index in [4.69, 9.17) is 53.6 Å². The van der Waals surface area contributed by atoms with Crippen molar-refractivity contribution in [2.45, 2.75) is 55.9 Å². The van der Waals surface area contributed by atoms with Crippen molar-refractivity contribution in [3.8, 4) is 28.7 Å². The van der Waals surface area contributed by atoms with Crippen LogP contribution >= 0.6 is 7.82 Å². The lowest BCUT2D eigenvalue weighted by atomic mass is 9.66. The fourth-order valence-electron chi connectivity index (χ4n) is 6.40. The average molecular weight is 678 g/mol. The number of aliphatic hydroxyl groups is 2. The molecule has 4 aliphatic heterocycles. The molecular formula is C29H33O16P. The Morgan fingerprint density at radius 3 is 2.35 bits per heavy atom. The minimum atomic E-state index is -5.58. The molecule has 0 amide bonds. The molecule has 0 unspecified atom stereocenters. The largest absolute Gasteiger partial charge is 0.525 e. The van der Waals surface area contributed by atoms with Gasteiger partial charge in [-0.05, 0) is 47.9 Å². The normalized spacial score (nSPS) is 40.8. The smallest absolute Gasteiger partial charge is 0.493 e. The molecule has 250 valence electrons. The van der Waals surface area contributed by atoms with Gasteiger partial charge in [0, 0.05) is 13.2 Å². The van der Waals surface area contributed by atoms with Crippen molar-refractivity contribution in [1.82, 2.24) is 0 Å². The number of carbonyl (C=O) groups is 1. The molecule has 4 N–H and O–H groups in total. The van der Waals surface area contributed by atoms with Crippen molar-refractivity contribution < 1.29 is 88.9 Å². The van der Waals surface area contributed by atoms with Crippen LogP contribution in [0, 0.1) is 11.8 Å². The van der Waals surface area contributed by atoms with E-state index in [1.807, 2.05) is 0 Å². The molecule has 46 heavy (non-hydrogen) atoms. The van der Waals surface area contributed by atoms with Crippen LogP contribution in [0.2, 0.25) is 0 Å². The number of esters is 1. The number of ether oxygens (including phenoxy) is 9. The van der Waals surface area contributed by atoms with E-state index in [9.17, 15) is 30.7 Å². The zero-order chi connectivity index (χ0) is 40.2. The molecule has 0 aromatic heterocycles. The standard InChI is InChI=1S/C29H33O16P/c1-11-38-9-20-27(42-11)23(30)24(31)29(43-20)44-25-14-7-17-16(40-10-41-17)6-13(14)21(22-15(25)8-39-28(22)32)12-4-18(36-2)26(19(5-12)37-3)45-46(33,34)35/h4-7,11,15,20-25,27,29-31H,8-10H2,1-3H3,(H2,33,34,35)/t11-,15+,20-,21-,22+,23-,24-,25-,27-,29+/m1/s1/i2D3,3D3,10D2,21D. The van der Waals surface area contributed by atoms with E-state index in [1.54, 1.807) is 6.92 Å². The maximum atomic E-state index is 13.8. The third-order valence-electron chi connectivity index (χ3n) is 8.34. The summed E-state index contributed by atoms with van der Waals surface area (Å²) in [5.74, 6) is -10.1. The molecule has 10 atom stereocenters. The minimum absolute atomic E-state index is 0.0149. The highest BCUT2D eigenvalue weighted by Crippen LogP contribution is 2.57. The fraction of sp³-hybridized carbons (Fsp3) is 0.552. The highest BCUT2D eigenvalue weighted by Gasteiger charge is 2.56. The van der Waals surface area contributed by atoms with Crippen LogP contribution in [0.1, 0.15) is 47.9 Å². The Kier molecular flexibility index (Phi) is 5.75. The zero-order valence-corrected chi connectivity index (χ0v) is 24.4. The Hall–Kier alpha value is -3.18. The molecule has 4 heterocycles. The van der Waals surface area contributed by atoms with E-state index in [2.05, 4.69) is 4.52 Å². The van der Waals surface area contributed by atoms with Crippen LogP contribution in [0.25, 0.3) is 0 Å². The van der Waals surface area contributed by atoms with Gasteiger partial charge in [0.15, 0.2) is 35.6 Å². The third kappa shape index (κ3) is 5.37. The summed E-state index contributed by atoms with van der Waals surface area (Å²) < 4.78 is 138. The topological polar surface area (TPSA) is 207 Å². The van der Waals surface area contributed by atoms with Gasteiger partial charge in [-0.3, -0.25) is 14.6 Å². The van der Waals surface area contributed by atoms with Crippen LogP contribution in [0.15, 0.2) is 24.3 Å². The number of methoxy groups -OCH3 is 2. The molecule has 3 fully saturated rings. The van der Waals surface area contributed by atoms with E-state index in [1.165, 1.54) is 6.07 Å². The van der Waals surface area contributed by atoms with Gasteiger partial charge < -0.3 is 57.4 Å². The number of hydrogen-bond donors (Lipinski definition) is 4. The summed E-state index contributed by atoms with van der Waals surface area (Å²) in [6.07, 6.45) is -8.93. The number of cyclic esters (lactones) is 1. The van der Waals surface area contributed by atoms with Crippen molar-refractivity contribution >= 4 is 13.8 Å². The maximum absolute atomic E-state index is 13.8. The molecule has 0 bridgehead atoms. The van der Waals surface area contributed by atoms with Gasteiger partial charge >= 0.3 is 13.8 Å². The van der Waals surface area contributed by atoms with E-state index >= 15 is 0 Å². The van der Waals surface area contributed by atoms with Crippen LogP contribution in [-0.2, 0) is 33.0 Å². The fourth-order valence-corrected chi connectivity index (χ4v) is 6.82. The minimum Gasteiger partial charge on any atom is -0.493 e. The van der Waals surface area contributed by atoms with E-state index < -0.39 is 125 Å². The van der Waals surface area contributed by atoms with Crippen molar-refractivity contribution in [3.63, 3.8) is 0 Å². The molecule has 5 aliphatic rings. The number of hydrogen-bond acceptors (Lipinski definition) is 14. The highest BCUT2D eigenvalue weighted by molar-refractivity contribution is 7.46. The van der Waals surface area contributed by atoms with Crippen molar-refractivity contribution in [1.29, 1.82) is 0 Å². The lowest BCUT2D eigenvalue weighted by Gasteiger charge is -2.47. The van der Waals surface area contributed by atoms with Gasteiger partial charge in [-0.1, -0.05) is 0 Å². The molecule has 1 aliphatic carbocycles. The second-order valence-electron chi connectivity index (χ2n) is 11.0. The monoisotopic (exact) mass is 677 g/mol. The molecule has 3 saturated heterocycles. The Morgan fingerprint density at radius 2 is 1.67 bits per heavy atom. The van der Waals surface area contributed by atoms with Crippen LogP contribution < -0.4 is 23.5 Å². The van der Waals surface area contributed by atoms with E-state index in [0.717, 1.165) is 18.2 Å². The van der Waals surface area contributed by atoms with E-state index in [-0.39, 0.29) is 29.2 Å². The predicted octanol–water partition coefficient (Wildman–Crippen LogP) is 1.10. The first-order chi connectivity index (χ1) is 25.3. The predicted molar refractivity (Wildman–Crippen MR) is 149 cm³/mol. The number of phosphoric ester groups is 1. The summed E-state index contributed by atoms with van der Waals surface area (Å²) in [5.41, 5.74) is -0.695. The molecule has 0 saturated carbocycles. The van der Waals surface area contributed by atoms with Gasteiger partial charge in [-0.25, -0.2) is 4.57 Å². The number of benzene rings is 2. The lowest BCUT2D eigenvalue weighted by Crippen LogP contribution is -2.63. The summed E-state index contributed by atoms with van der Waals surface area (Å²) >= 11 is 0. The highest BCUT2D eigenvalue weighted by atomic mass is 31.2. The Balaban J connectivity index is 1.42. The van der Waals surface area contributed by atoms with Crippen LogP contribution in [0.3, 0.4) is 0 Å². The lowest BCUT2D eigenvalue weighted by molar-refractivity contribution is -0.364.